The lowest BCUT2D eigenvalue weighted by Gasteiger charge is -1.94. The molecule has 0 aromatic carbocycles. The Kier molecular flexibility index (Phi) is 45.0. The van der Waals surface area contributed by atoms with E-state index in [0.717, 1.165) is 20.0 Å². The summed E-state index contributed by atoms with van der Waals surface area (Å²) >= 11 is 0. The van der Waals surface area contributed by atoms with E-state index >= 15 is 0 Å². The Morgan fingerprint density at radius 3 is 1.50 bits per heavy atom. The molecule has 0 spiro atoms. The Morgan fingerprint density at radius 1 is 0.875 bits per heavy atom. The van der Waals surface area contributed by atoms with Crippen LogP contribution in [0.2, 0.25) is 0 Å². The molecular weight excluding hydrogens is 196 g/mol. The van der Waals surface area contributed by atoms with Gasteiger partial charge in [-0.2, -0.15) is 0 Å². The van der Waals surface area contributed by atoms with Crippen molar-refractivity contribution in [3.63, 3.8) is 0 Å². The summed E-state index contributed by atoms with van der Waals surface area (Å²) in [4.78, 5) is 0. The predicted molar refractivity (Wildman–Crippen MR) is 78.9 cm³/mol. The SMILES string of the molecule is CC.CC.CC/C=C(/C)CC=C(C)C.CO. The van der Waals surface area contributed by atoms with E-state index in [2.05, 4.69) is 39.8 Å². The van der Waals surface area contributed by atoms with Gasteiger partial charge in [-0.05, 0) is 33.6 Å². The lowest BCUT2D eigenvalue weighted by Crippen LogP contribution is -1.73. The van der Waals surface area contributed by atoms with Gasteiger partial charge in [0.25, 0.3) is 0 Å². The Hall–Kier alpha value is -0.560. The van der Waals surface area contributed by atoms with Gasteiger partial charge in [0, 0.05) is 7.11 Å². The summed E-state index contributed by atoms with van der Waals surface area (Å²) in [6.45, 7) is 16.6. The fraction of sp³-hybridized carbons (Fsp3) is 0.733. The highest BCUT2D eigenvalue weighted by Crippen LogP contribution is 2.04. The molecule has 0 aliphatic carbocycles. The molecule has 1 N–H and O–H groups in total. The number of allylic oxidation sites excluding steroid dienone is 4. The van der Waals surface area contributed by atoms with Crippen LogP contribution in [0, 0.1) is 0 Å². The molecule has 0 saturated carbocycles. The van der Waals surface area contributed by atoms with E-state index in [9.17, 15) is 0 Å². The van der Waals surface area contributed by atoms with Crippen molar-refractivity contribution >= 4 is 0 Å². The van der Waals surface area contributed by atoms with Crippen LogP contribution < -0.4 is 0 Å². The summed E-state index contributed by atoms with van der Waals surface area (Å²) < 4.78 is 0. The summed E-state index contributed by atoms with van der Waals surface area (Å²) in [5.74, 6) is 0. The van der Waals surface area contributed by atoms with E-state index in [1.54, 1.807) is 0 Å². The van der Waals surface area contributed by atoms with E-state index in [1.165, 1.54) is 11.1 Å². The second kappa shape index (κ2) is 29.3. The highest BCUT2D eigenvalue weighted by Gasteiger charge is 1.83. The fourth-order valence-electron chi connectivity index (χ4n) is 0.797. The van der Waals surface area contributed by atoms with Crippen molar-refractivity contribution in [2.45, 2.75) is 68.2 Å². The second-order valence-electron chi connectivity index (χ2n) is 2.94. The molecule has 16 heavy (non-hydrogen) atoms. The molecule has 1 nitrogen and oxygen atoms in total. The van der Waals surface area contributed by atoms with E-state index in [0.29, 0.717) is 0 Å². The fourth-order valence-corrected chi connectivity index (χ4v) is 0.797. The number of aliphatic hydroxyl groups excluding tert-OH is 1. The maximum absolute atomic E-state index is 7.00. The third-order valence-electron chi connectivity index (χ3n) is 1.38. The van der Waals surface area contributed by atoms with Crippen molar-refractivity contribution < 1.29 is 5.11 Å². The van der Waals surface area contributed by atoms with Crippen molar-refractivity contribution in [2.24, 2.45) is 0 Å². The zero-order valence-electron chi connectivity index (χ0n) is 13.0. The van der Waals surface area contributed by atoms with Crippen LogP contribution in [0.25, 0.3) is 0 Å². The van der Waals surface area contributed by atoms with Crippen LogP contribution >= 0.6 is 0 Å². The number of hydrogen-bond donors (Lipinski definition) is 1. The van der Waals surface area contributed by atoms with Gasteiger partial charge in [0.05, 0.1) is 0 Å². The molecule has 0 saturated heterocycles. The van der Waals surface area contributed by atoms with Crippen molar-refractivity contribution in [1.29, 1.82) is 0 Å². The molecule has 1 heteroatoms. The standard InChI is InChI=1S/C10H18.2C2H6.CH4O/c1-5-6-10(4)8-7-9(2)3;3*1-2/h6-7H,5,8H2,1-4H3;2*1-2H3;2H,1H3/b10-6-;;;. The van der Waals surface area contributed by atoms with Crippen LogP contribution in [0.5, 0.6) is 0 Å². The first-order chi connectivity index (χ1) is 7.66. The number of rotatable bonds is 3. The first kappa shape index (κ1) is 24.6. The molecule has 0 radical (unpaired) electrons. The molecule has 0 aromatic rings. The van der Waals surface area contributed by atoms with E-state index < -0.39 is 0 Å². The zero-order valence-corrected chi connectivity index (χ0v) is 13.0. The van der Waals surface area contributed by atoms with Gasteiger partial charge >= 0.3 is 0 Å². The summed E-state index contributed by atoms with van der Waals surface area (Å²) in [6.07, 6.45) is 6.82. The minimum Gasteiger partial charge on any atom is -0.400 e. The Bertz CT molecular complexity index is 140. The van der Waals surface area contributed by atoms with Gasteiger partial charge in [-0.3, -0.25) is 0 Å². The summed E-state index contributed by atoms with van der Waals surface area (Å²) in [7, 11) is 1.00. The van der Waals surface area contributed by atoms with Crippen LogP contribution in [0.4, 0.5) is 0 Å². The second-order valence-corrected chi connectivity index (χ2v) is 2.94. The Morgan fingerprint density at radius 2 is 1.25 bits per heavy atom. The third kappa shape index (κ3) is 37.6. The van der Waals surface area contributed by atoms with E-state index in [-0.39, 0.29) is 0 Å². The highest BCUT2D eigenvalue weighted by molar-refractivity contribution is 5.07. The average Bonchev–Trinajstić information content (AvgIpc) is 2.35. The first-order valence-electron chi connectivity index (χ1n) is 6.40. The molecule has 0 aromatic heterocycles. The van der Waals surface area contributed by atoms with Gasteiger partial charge in [0.1, 0.15) is 0 Å². The number of hydrogen-bond acceptors (Lipinski definition) is 1. The Balaban J connectivity index is -0.000000103. The molecule has 100 valence electrons. The van der Waals surface area contributed by atoms with Gasteiger partial charge in [0.15, 0.2) is 0 Å². The maximum atomic E-state index is 7.00. The third-order valence-corrected chi connectivity index (χ3v) is 1.38. The van der Waals surface area contributed by atoms with Crippen molar-refractivity contribution in [1.82, 2.24) is 0 Å². The molecule has 0 fully saturated rings. The topological polar surface area (TPSA) is 20.2 Å². The van der Waals surface area contributed by atoms with Crippen LogP contribution in [-0.2, 0) is 0 Å². The van der Waals surface area contributed by atoms with E-state index in [1.807, 2.05) is 27.7 Å². The molecular formula is C15H34O. The van der Waals surface area contributed by atoms with Gasteiger partial charge in [-0.1, -0.05) is 57.9 Å². The van der Waals surface area contributed by atoms with Crippen LogP contribution in [0.15, 0.2) is 23.3 Å². The molecule has 0 aliphatic rings. The molecule has 0 rings (SSSR count). The lowest BCUT2D eigenvalue weighted by atomic mass is 10.1. The monoisotopic (exact) mass is 230 g/mol. The summed E-state index contributed by atoms with van der Waals surface area (Å²) in [5, 5.41) is 7.00. The summed E-state index contributed by atoms with van der Waals surface area (Å²) in [5.41, 5.74) is 2.88. The van der Waals surface area contributed by atoms with Crippen molar-refractivity contribution in [2.75, 3.05) is 7.11 Å². The van der Waals surface area contributed by atoms with Crippen LogP contribution in [-0.4, -0.2) is 12.2 Å². The molecule has 0 amide bonds. The average molecular weight is 230 g/mol. The van der Waals surface area contributed by atoms with Crippen LogP contribution in [0.1, 0.15) is 68.2 Å². The lowest BCUT2D eigenvalue weighted by molar-refractivity contribution is 0.399. The molecule has 0 bridgehead atoms. The molecule has 0 unspecified atom stereocenters. The van der Waals surface area contributed by atoms with Crippen molar-refractivity contribution in [3.05, 3.63) is 23.3 Å². The zero-order chi connectivity index (χ0) is 14.0. The molecule has 0 atom stereocenters. The van der Waals surface area contributed by atoms with E-state index in [4.69, 9.17) is 5.11 Å². The van der Waals surface area contributed by atoms with Crippen LogP contribution in [0.3, 0.4) is 0 Å². The van der Waals surface area contributed by atoms with Gasteiger partial charge in [-0.15, -0.1) is 0 Å². The largest absolute Gasteiger partial charge is 0.400 e. The highest BCUT2D eigenvalue weighted by atomic mass is 16.2. The smallest absolute Gasteiger partial charge is 0.0319 e. The minimum absolute atomic E-state index is 1.00. The predicted octanol–water partition coefficient (Wildman–Crippen LogP) is 5.36. The van der Waals surface area contributed by atoms with Gasteiger partial charge in [-0.25, -0.2) is 0 Å². The molecule has 0 aliphatic heterocycles. The normalized spacial score (nSPS) is 8.25. The van der Waals surface area contributed by atoms with Crippen molar-refractivity contribution in [3.8, 4) is 0 Å². The summed E-state index contributed by atoms with van der Waals surface area (Å²) in [6, 6.07) is 0. The van der Waals surface area contributed by atoms with Gasteiger partial charge in [0.2, 0.25) is 0 Å². The van der Waals surface area contributed by atoms with Gasteiger partial charge < -0.3 is 5.11 Å². The first-order valence-corrected chi connectivity index (χ1v) is 6.40. The Labute approximate surface area is 104 Å². The maximum Gasteiger partial charge on any atom is 0.0319 e. The minimum atomic E-state index is 1.00. The number of aliphatic hydroxyl groups is 1. The molecule has 0 heterocycles. The quantitative estimate of drug-likeness (QED) is 0.647.